The van der Waals surface area contributed by atoms with Gasteiger partial charge in [0, 0.05) is 5.02 Å². The lowest BCUT2D eigenvalue weighted by Crippen LogP contribution is -2.52. The van der Waals surface area contributed by atoms with Gasteiger partial charge in [0.05, 0.1) is 5.02 Å². The molecular formula is C12H4Cl2F9NO3. The van der Waals surface area contributed by atoms with E-state index in [1.807, 2.05) is 0 Å². The Morgan fingerprint density at radius 2 is 1.59 bits per heavy atom. The lowest BCUT2D eigenvalue weighted by molar-refractivity contribution is -0.430. The second kappa shape index (κ2) is 8.13. The number of hydrogen-bond donors (Lipinski definition) is 0. The van der Waals surface area contributed by atoms with Crippen molar-refractivity contribution in [2.75, 3.05) is 0 Å². The topological polar surface area (TPSA) is 47.9 Å². The van der Waals surface area contributed by atoms with Crippen LogP contribution in [0.15, 0.2) is 17.1 Å². The smallest absolute Gasteiger partial charge is 0.425 e. The zero-order valence-corrected chi connectivity index (χ0v) is 13.7. The molecule has 0 saturated carbocycles. The molecular weight excluding hydrogens is 448 g/mol. The van der Waals surface area contributed by atoms with E-state index < -0.39 is 47.4 Å². The number of isocyanates is 1. The molecule has 0 fully saturated rings. The standard InChI is InChI=1S/C12H4Cl2F9NO3/c13-4-1-5(14)7(6(2-4)24-3-25)26-11(20,21)9(17)27-12(22,23)10(18,19)8(15)16/h1-2,8-9H. The first-order chi connectivity index (χ1) is 12.2. The number of ether oxygens (including phenoxy) is 2. The molecule has 1 aromatic rings. The van der Waals surface area contributed by atoms with Crippen LogP contribution >= 0.6 is 23.2 Å². The second-order valence-electron chi connectivity index (χ2n) is 4.48. The molecule has 1 rings (SSSR count). The van der Waals surface area contributed by atoms with Gasteiger partial charge in [-0.1, -0.05) is 23.2 Å². The number of carbonyl (C=O) groups excluding carboxylic acids is 1. The Morgan fingerprint density at radius 3 is 2.07 bits per heavy atom. The highest BCUT2D eigenvalue weighted by Crippen LogP contribution is 2.45. The summed E-state index contributed by atoms with van der Waals surface area (Å²) in [6.45, 7) is 0. The number of rotatable bonds is 8. The summed E-state index contributed by atoms with van der Waals surface area (Å²) in [7, 11) is 0. The maximum Gasteiger partial charge on any atom is 0.456 e. The van der Waals surface area contributed by atoms with E-state index in [-0.39, 0.29) is 5.02 Å². The fraction of sp³-hybridized carbons (Fsp3) is 0.417. The average Bonchev–Trinajstić information content (AvgIpc) is 2.50. The lowest BCUT2D eigenvalue weighted by atomic mass is 10.3. The highest BCUT2D eigenvalue weighted by molar-refractivity contribution is 6.36. The summed E-state index contributed by atoms with van der Waals surface area (Å²) in [5.41, 5.74) is -0.862. The molecule has 0 aliphatic rings. The van der Waals surface area contributed by atoms with Crippen LogP contribution in [-0.2, 0) is 9.53 Å². The minimum Gasteiger partial charge on any atom is -0.425 e. The van der Waals surface area contributed by atoms with Gasteiger partial charge in [-0.3, -0.25) is 4.74 Å². The number of nitrogens with zero attached hydrogens (tertiary/aromatic N) is 1. The summed E-state index contributed by atoms with van der Waals surface area (Å²) in [4.78, 5) is 13.1. The molecule has 0 spiro atoms. The van der Waals surface area contributed by atoms with E-state index in [0.29, 0.717) is 6.07 Å². The van der Waals surface area contributed by atoms with Gasteiger partial charge < -0.3 is 4.74 Å². The minimum absolute atomic E-state index is 0.277. The van der Waals surface area contributed by atoms with Crippen LogP contribution in [-0.4, -0.2) is 37.0 Å². The van der Waals surface area contributed by atoms with Gasteiger partial charge in [-0.25, -0.2) is 18.0 Å². The Kier molecular flexibility index (Phi) is 7.03. The van der Waals surface area contributed by atoms with Gasteiger partial charge >= 0.3 is 30.9 Å². The number of hydrogen-bond acceptors (Lipinski definition) is 4. The third kappa shape index (κ3) is 5.18. The van der Waals surface area contributed by atoms with Crippen LogP contribution in [0.5, 0.6) is 5.75 Å². The monoisotopic (exact) mass is 451 g/mol. The molecule has 0 amide bonds. The molecule has 1 aromatic carbocycles. The predicted molar refractivity (Wildman–Crippen MR) is 71.7 cm³/mol. The highest BCUT2D eigenvalue weighted by atomic mass is 35.5. The molecule has 1 unspecified atom stereocenters. The van der Waals surface area contributed by atoms with Crippen molar-refractivity contribution in [1.29, 1.82) is 0 Å². The van der Waals surface area contributed by atoms with E-state index in [1.165, 1.54) is 0 Å². The number of halogens is 11. The second-order valence-corrected chi connectivity index (χ2v) is 5.32. The van der Waals surface area contributed by atoms with E-state index in [2.05, 4.69) is 14.5 Å². The zero-order valence-electron chi connectivity index (χ0n) is 12.1. The Bertz CT molecular complexity index is 741. The van der Waals surface area contributed by atoms with Crippen molar-refractivity contribution in [2.24, 2.45) is 4.99 Å². The van der Waals surface area contributed by atoms with E-state index in [4.69, 9.17) is 23.2 Å². The molecule has 0 radical (unpaired) electrons. The van der Waals surface area contributed by atoms with E-state index in [9.17, 15) is 44.3 Å². The molecule has 0 aromatic heterocycles. The van der Waals surface area contributed by atoms with E-state index >= 15 is 0 Å². The molecule has 152 valence electrons. The molecule has 0 bridgehead atoms. The summed E-state index contributed by atoms with van der Waals surface area (Å²) in [6, 6.07) is 1.42. The molecule has 1 atom stereocenters. The Balaban J connectivity index is 3.16. The maximum atomic E-state index is 13.6. The third-order valence-electron chi connectivity index (χ3n) is 2.57. The van der Waals surface area contributed by atoms with Crippen LogP contribution in [0.2, 0.25) is 10.0 Å². The van der Waals surface area contributed by atoms with E-state index in [0.717, 1.165) is 12.1 Å². The minimum atomic E-state index is -6.33. The van der Waals surface area contributed by atoms with Gasteiger partial charge in [-0.05, 0) is 12.1 Å². The van der Waals surface area contributed by atoms with Gasteiger partial charge in [0.1, 0.15) is 5.69 Å². The van der Waals surface area contributed by atoms with Crippen molar-refractivity contribution in [2.45, 2.75) is 30.9 Å². The molecule has 0 heterocycles. The fourth-order valence-corrected chi connectivity index (χ4v) is 1.89. The van der Waals surface area contributed by atoms with Crippen LogP contribution in [0.25, 0.3) is 0 Å². The number of aliphatic imine (C=N–C) groups is 1. The third-order valence-corrected chi connectivity index (χ3v) is 3.07. The quantitative estimate of drug-likeness (QED) is 0.287. The van der Waals surface area contributed by atoms with Gasteiger partial charge in [0.15, 0.2) is 5.75 Å². The summed E-state index contributed by atoms with van der Waals surface area (Å²) < 4.78 is 122. The number of alkyl halides is 9. The van der Waals surface area contributed by atoms with Crippen molar-refractivity contribution in [1.82, 2.24) is 0 Å². The molecule has 4 nitrogen and oxygen atoms in total. The molecule has 15 heteroatoms. The summed E-state index contributed by atoms with van der Waals surface area (Å²) in [5.74, 6) is -7.58. The molecule has 0 aliphatic heterocycles. The molecule has 0 aliphatic carbocycles. The van der Waals surface area contributed by atoms with Crippen molar-refractivity contribution in [3.8, 4) is 5.75 Å². The first-order valence-electron chi connectivity index (χ1n) is 6.15. The van der Waals surface area contributed by atoms with Gasteiger partial charge in [0.2, 0.25) is 6.08 Å². The maximum absolute atomic E-state index is 13.6. The largest absolute Gasteiger partial charge is 0.456 e. The molecule has 0 N–H and O–H groups in total. The van der Waals surface area contributed by atoms with Crippen LogP contribution < -0.4 is 4.74 Å². The van der Waals surface area contributed by atoms with Gasteiger partial charge in [-0.15, -0.1) is 0 Å². The van der Waals surface area contributed by atoms with Crippen LogP contribution in [0.4, 0.5) is 45.2 Å². The van der Waals surface area contributed by atoms with Crippen molar-refractivity contribution in [3.05, 3.63) is 22.2 Å². The van der Waals surface area contributed by atoms with E-state index in [1.54, 1.807) is 0 Å². The van der Waals surface area contributed by atoms with Gasteiger partial charge in [0.25, 0.3) is 0 Å². The predicted octanol–water partition coefficient (Wildman–Crippen LogP) is 5.74. The Hall–Kier alpha value is -1.69. The van der Waals surface area contributed by atoms with Gasteiger partial charge in [-0.2, -0.15) is 31.3 Å². The summed E-state index contributed by atoms with van der Waals surface area (Å²) in [5, 5.41) is -1.10. The molecule has 27 heavy (non-hydrogen) atoms. The summed E-state index contributed by atoms with van der Waals surface area (Å²) in [6.07, 6.45) is -20.7. The average molecular weight is 452 g/mol. The Morgan fingerprint density at radius 1 is 1.04 bits per heavy atom. The number of benzene rings is 1. The zero-order chi connectivity index (χ0) is 21.2. The van der Waals surface area contributed by atoms with Crippen LogP contribution in [0.3, 0.4) is 0 Å². The first kappa shape index (κ1) is 23.3. The van der Waals surface area contributed by atoms with Crippen molar-refractivity contribution < 1.29 is 53.8 Å². The van der Waals surface area contributed by atoms with Crippen LogP contribution in [0, 0.1) is 0 Å². The normalized spacial score (nSPS) is 14.1. The lowest BCUT2D eigenvalue weighted by Gasteiger charge is -2.29. The van der Waals surface area contributed by atoms with Crippen LogP contribution in [0.1, 0.15) is 0 Å². The SMILES string of the molecule is O=C=Nc1cc(Cl)cc(Cl)c1OC(F)(F)C(F)OC(F)(F)C(F)(F)C(F)F. The fourth-order valence-electron chi connectivity index (χ4n) is 1.37. The first-order valence-corrected chi connectivity index (χ1v) is 6.90. The Labute approximate surface area is 153 Å². The molecule has 0 saturated heterocycles. The van der Waals surface area contributed by atoms with Crippen molar-refractivity contribution in [3.63, 3.8) is 0 Å². The highest BCUT2D eigenvalue weighted by Gasteiger charge is 2.67. The summed E-state index contributed by atoms with van der Waals surface area (Å²) >= 11 is 11.0. The van der Waals surface area contributed by atoms with Crippen molar-refractivity contribution >= 4 is 35.0 Å².